The standard InChI is InChI=1S/C8H15NO.C5H12O.C2H4/c10-7-9-6-8-4-2-1-3-5-8;1-5(2,3)6-4;1-2/h7-8H,1-6H2,(H,9,10);1-4H3;1-2H2. The highest BCUT2D eigenvalue weighted by Gasteiger charge is 2.11. The van der Waals surface area contributed by atoms with Crippen LogP contribution in [0.15, 0.2) is 13.2 Å². The lowest BCUT2D eigenvalue weighted by Crippen LogP contribution is -2.22. The summed E-state index contributed by atoms with van der Waals surface area (Å²) >= 11 is 0. The smallest absolute Gasteiger partial charge is 0.207 e. The first kappa shape index (κ1) is 19.5. The topological polar surface area (TPSA) is 38.3 Å². The maximum absolute atomic E-state index is 9.94. The summed E-state index contributed by atoms with van der Waals surface area (Å²) in [5, 5.41) is 2.74. The van der Waals surface area contributed by atoms with Crippen molar-refractivity contribution in [3.8, 4) is 0 Å². The highest BCUT2D eigenvalue weighted by molar-refractivity contribution is 5.45. The van der Waals surface area contributed by atoms with Crippen molar-refractivity contribution in [1.82, 2.24) is 5.32 Å². The first-order valence-corrected chi connectivity index (χ1v) is 6.72. The molecule has 0 heterocycles. The van der Waals surface area contributed by atoms with Gasteiger partial charge in [0, 0.05) is 13.7 Å². The molecule has 3 heteroatoms. The predicted octanol–water partition coefficient (Wildman–Crippen LogP) is 3.55. The van der Waals surface area contributed by atoms with Gasteiger partial charge in [0.1, 0.15) is 0 Å². The van der Waals surface area contributed by atoms with Crippen molar-refractivity contribution in [2.45, 2.75) is 58.5 Å². The number of rotatable bonds is 3. The van der Waals surface area contributed by atoms with Gasteiger partial charge in [-0.05, 0) is 39.5 Å². The number of hydrogen-bond acceptors (Lipinski definition) is 2. The number of methoxy groups -OCH3 is 1. The van der Waals surface area contributed by atoms with E-state index in [-0.39, 0.29) is 5.60 Å². The van der Waals surface area contributed by atoms with Gasteiger partial charge in [-0.1, -0.05) is 19.3 Å². The van der Waals surface area contributed by atoms with Crippen LogP contribution in [-0.2, 0) is 9.53 Å². The summed E-state index contributed by atoms with van der Waals surface area (Å²) in [6.45, 7) is 13.0. The Balaban J connectivity index is 0. The molecular weight excluding hydrogens is 226 g/mol. The third-order valence-electron chi connectivity index (χ3n) is 2.83. The summed E-state index contributed by atoms with van der Waals surface area (Å²) in [6.07, 6.45) is 7.50. The molecule has 108 valence electrons. The molecule has 0 saturated heterocycles. The van der Waals surface area contributed by atoms with Crippen LogP contribution in [-0.4, -0.2) is 25.7 Å². The summed E-state index contributed by atoms with van der Waals surface area (Å²) < 4.78 is 4.94. The summed E-state index contributed by atoms with van der Waals surface area (Å²) in [6, 6.07) is 0. The number of carbonyl (C=O) groups excluding carboxylic acids is 1. The summed E-state index contributed by atoms with van der Waals surface area (Å²) in [5.41, 5.74) is 0.0417. The monoisotopic (exact) mass is 257 g/mol. The fourth-order valence-corrected chi connectivity index (χ4v) is 1.61. The van der Waals surface area contributed by atoms with Crippen molar-refractivity contribution in [2.75, 3.05) is 13.7 Å². The molecule has 1 saturated carbocycles. The lowest BCUT2D eigenvalue weighted by Gasteiger charge is -2.20. The molecule has 0 unspecified atom stereocenters. The van der Waals surface area contributed by atoms with Crippen molar-refractivity contribution in [3.63, 3.8) is 0 Å². The molecule has 0 spiro atoms. The van der Waals surface area contributed by atoms with E-state index in [4.69, 9.17) is 4.74 Å². The molecule has 1 fully saturated rings. The van der Waals surface area contributed by atoms with Crippen molar-refractivity contribution in [2.24, 2.45) is 5.92 Å². The molecule has 0 aromatic carbocycles. The SMILES string of the molecule is C=C.COC(C)(C)C.O=CNCC1CCCCC1. The Hall–Kier alpha value is -0.830. The van der Waals surface area contributed by atoms with E-state index in [0.717, 1.165) is 18.9 Å². The molecule has 1 rings (SSSR count). The molecule has 0 aromatic heterocycles. The molecule has 0 aromatic rings. The third kappa shape index (κ3) is 15.2. The molecule has 1 N–H and O–H groups in total. The molecule has 1 aliphatic rings. The second-order valence-corrected chi connectivity index (χ2v) is 5.35. The van der Waals surface area contributed by atoms with Crippen LogP contribution in [0.2, 0.25) is 0 Å². The Kier molecular flexibility index (Phi) is 13.7. The van der Waals surface area contributed by atoms with Gasteiger partial charge < -0.3 is 10.1 Å². The third-order valence-corrected chi connectivity index (χ3v) is 2.83. The zero-order valence-electron chi connectivity index (χ0n) is 12.6. The summed E-state index contributed by atoms with van der Waals surface area (Å²) in [5.74, 6) is 0.763. The molecule has 1 aliphatic carbocycles. The van der Waals surface area contributed by atoms with Crippen molar-refractivity contribution in [3.05, 3.63) is 13.2 Å². The second kappa shape index (κ2) is 12.6. The molecule has 0 bridgehead atoms. The van der Waals surface area contributed by atoms with E-state index in [1.54, 1.807) is 7.11 Å². The number of hydrogen-bond donors (Lipinski definition) is 1. The molecule has 3 nitrogen and oxygen atoms in total. The van der Waals surface area contributed by atoms with Crippen LogP contribution in [0.4, 0.5) is 0 Å². The van der Waals surface area contributed by atoms with Gasteiger partial charge in [0.15, 0.2) is 0 Å². The fraction of sp³-hybridized carbons (Fsp3) is 0.800. The number of amides is 1. The molecular formula is C15H31NO2. The minimum absolute atomic E-state index is 0.0417. The number of nitrogens with one attached hydrogen (secondary N) is 1. The molecule has 0 atom stereocenters. The van der Waals surface area contributed by atoms with Gasteiger partial charge in [0.2, 0.25) is 6.41 Å². The largest absolute Gasteiger partial charge is 0.379 e. The van der Waals surface area contributed by atoms with Gasteiger partial charge >= 0.3 is 0 Å². The lowest BCUT2D eigenvalue weighted by atomic mass is 9.89. The number of carbonyl (C=O) groups is 1. The maximum Gasteiger partial charge on any atom is 0.207 e. The Bertz CT molecular complexity index is 181. The van der Waals surface area contributed by atoms with Gasteiger partial charge in [-0.3, -0.25) is 4.79 Å². The molecule has 1 amide bonds. The van der Waals surface area contributed by atoms with Gasteiger partial charge in [0.25, 0.3) is 0 Å². The van der Waals surface area contributed by atoms with E-state index in [2.05, 4.69) is 18.5 Å². The van der Waals surface area contributed by atoms with Crippen molar-refractivity contribution < 1.29 is 9.53 Å². The van der Waals surface area contributed by atoms with Crippen LogP contribution in [0.5, 0.6) is 0 Å². The van der Waals surface area contributed by atoms with Crippen LogP contribution >= 0.6 is 0 Å². The fourth-order valence-electron chi connectivity index (χ4n) is 1.61. The minimum Gasteiger partial charge on any atom is -0.379 e. The zero-order valence-corrected chi connectivity index (χ0v) is 12.6. The van der Waals surface area contributed by atoms with Crippen LogP contribution in [0.25, 0.3) is 0 Å². The van der Waals surface area contributed by atoms with E-state index in [1.165, 1.54) is 32.1 Å². The number of ether oxygens (including phenoxy) is 1. The summed E-state index contributed by atoms with van der Waals surface area (Å²) in [4.78, 5) is 9.94. The van der Waals surface area contributed by atoms with Crippen LogP contribution < -0.4 is 5.32 Å². The predicted molar refractivity (Wildman–Crippen MR) is 78.7 cm³/mol. The Morgan fingerprint density at radius 3 is 2.00 bits per heavy atom. The van der Waals surface area contributed by atoms with Crippen molar-refractivity contribution >= 4 is 6.41 Å². The molecule has 0 radical (unpaired) electrons. The normalized spacial score (nSPS) is 15.6. The lowest BCUT2D eigenvalue weighted by molar-refractivity contribution is -0.109. The maximum atomic E-state index is 9.94. The van der Waals surface area contributed by atoms with E-state index < -0.39 is 0 Å². The first-order chi connectivity index (χ1) is 8.49. The van der Waals surface area contributed by atoms with Crippen LogP contribution in [0.3, 0.4) is 0 Å². The molecule has 0 aliphatic heterocycles. The van der Waals surface area contributed by atoms with Gasteiger partial charge in [-0.15, -0.1) is 13.2 Å². The zero-order chi connectivity index (χ0) is 14.4. The second-order valence-electron chi connectivity index (χ2n) is 5.35. The average Bonchev–Trinajstić information content (AvgIpc) is 2.40. The molecule has 18 heavy (non-hydrogen) atoms. The quantitative estimate of drug-likeness (QED) is 0.620. The van der Waals surface area contributed by atoms with E-state index in [1.807, 2.05) is 20.8 Å². The van der Waals surface area contributed by atoms with E-state index in [9.17, 15) is 4.79 Å². The highest BCUT2D eigenvalue weighted by Crippen LogP contribution is 2.22. The Labute approximate surface area is 113 Å². The Morgan fingerprint density at radius 2 is 1.67 bits per heavy atom. The highest BCUT2D eigenvalue weighted by atomic mass is 16.5. The van der Waals surface area contributed by atoms with Crippen LogP contribution in [0.1, 0.15) is 52.9 Å². The van der Waals surface area contributed by atoms with E-state index >= 15 is 0 Å². The first-order valence-electron chi connectivity index (χ1n) is 6.72. The van der Waals surface area contributed by atoms with Gasteiger partial charge in [0.05, 0.1) is 5.60 Å². The van der Waals surface area contributed by atoms with Crippen molar-refractivity contribution in [1.29, 1.82) is 0 Å². The average molecular weight is 257 g/mol. The minimum atomic E-state index is 0.0417. The van der Waals surface area contributed by atoms with E-state index in [0.29, 0.717) is 0 Å². The van der Waals surface area contributed by atoms with Crippen LogP contribution in [0, 0.1) is 5.92 Å². The Morgan fingerprint density at radius 1 is 1.22 bits per heavy atom. The van der Waals surface area contributed by atoms with Gasteiger partial charge in [-0.2, -0.15) is 0 Å². The van der Waals surface area contributed by atoms with Gasteiger partial charge in [-0.25, -0.2) is 0 Å². The summed E-state index contributed by atoms with van der Waals surface area (Å²) in [7, 11) is 1.71.